The molecular weight excluding hydrogens is 675 g/mol. The van der Waals surface area contributed by atoms with Crippen LogP contribution in [0.25, 0.3) is 5.57 Å². The normalized spacial score (nSPS) is 22.0. The Bertz CT molecular complexity index is 1410. The fourth-order valence-corrected chi connectivity index (χ4v) is 8.50. The largest absolute Gasteiger partial charge is 0.449 e. The minimum absolute atomic E-state index is 0.0253. The molecule has 280 valence electrons. The topological polar surface area (TPSA) is 165 Å². The molecular formula is C37H53N5O8S. The maximum absolute atomic E-state index is 12.5. The number of hydrogen-bond acceptors (Lipinski definition) is 9. The molecule has 5 amide bonds. The first-order chi connectivity index (χ1) is 24.9. The molecule has 2 heterocycles. The average Bonchev–Trinajstić information content (AvgIpc) is 3.78. The Morgan fingerprint density at radius 2 is 1.67 bits per heavy atom. The zero-order chi connectivity index (χ0) is 35.8. The summed E-state index contributed by atoms with van der Waals surface area (Å²) in [5.41, 5.74) is 5.03. The quantitative estimate of drug-likeness (QED) is 0.0890. The number of thioether (sulfide) groups is 1. The Hall–Kier alpha value is -3.59. The summed E-state index contributed by atoms with van der Waals surface area (Å²) in [7, 11) is 0. The third-order valence-corrected chi connectivity index (χ3v) is 11.0. The van der Waals surface area contributed by atoms with Crippen LogP contribution in [0.3, 0.4) is 0 Å². The zero-order valence-corrected chi connectivity index (χ0v) is 30.4. The zero-order valence-electron chi connectivity index (χ0n) is 29.5. The SMILES string of the molecule is C[C@@H](CC(=O)NCCOCCOCCOCCNC(=O)CCCC[C@@H]1SC[C@H]2NC(=O)N[C@@H]12)NC(=O)OCC1C2=C(CCC=C2)c2ccccc21. The molecule has 0 radical (unpaired) electrons. The number of carbonyl (C=O) groups excluding carboxylic acids is 4. The maximum Gasteiger partial charge on any atom is 0.407 e. The molecule has 13 nitrogen and oxygen atoms in total. The molecule has 0 aromatic heterocycles. The summed E-state index contributed by atoms with van der Waals surface area (Å²) in [5.74, 6) is 0.823. The van der Waals surface area contributed by atoms with E-state index in [0.717, 1.165) is 37.9 Å². The molecule has 2 saturated heterocycles. The lowest BCUT2D eigenvalue weighted by atomic mass is 9.93. The summed E-state index contributed by atoms with van der Waals surface area (Å²) < 4.78 is 22.1. The summed E-state index contributed by atoms with van der Waals surface area (Å²) in [6.07, 6.45) is 9.24. The van der Waals surface area contributed by atoms with Gasteiger partial charge in [0.2, 0.25) is 11.8 Å². The van der Waals surface area contributed by atoms with Gasteiger partial charge in [-0.2, -0.15) is 11.8 Å². The van der Waals surface area contributed by atoms with Crippen molar-refractivity contribution >= 4 is 41.3 Å². The van der Waals surface area contributed by atoms with Gasteiger partial charge in [0.1, 0.15) is 6.61 Å². The highest BCUT2D eigenvalue weighted by molar-refractivity contribution is 8.00. The summed E-state index contributed by atoms with van der Waals surface area (Å²) >= 11 is 1.89. The number of urea groups is 1. The molecule has 1 aromatic rings. The third kappa shape index (κ3) is 12.0. The molecule has 4 aliphatic rings. The van der Waals surface area contributed by atoms with Crippen molar-refractivity contribution in [3.05, 3.63) is 53.1 Å². The average molecular weight is 728 g/mol. The molecule has 2 aliphatic carbocycles. The summed E-state index contributed by atoms with van der Waals surface area (Å²) in [6.45, 7) is 5.24. The van der Waals surface area contributed by atoms with Crippen LogP contribution in [0.4, 0.5) is 9.59 Å². The van der Waals surface area contributed by atoms with Gasteiger partial charge in [-0.05, 0) is 54.9 Å². The van der Waals surface area contributed by atoms with E-state index in [0.29, 0.717) is 64.4 Å². The first kappa shape index (κ1) is 38.6. The molecule has 51 heavy (non-hydrogen) atoms. The molecule has 2 fully saturated rings. The second kappa shape index (κ2) is 20.4. The number of amides is 5. The van der Waals surface area contributed by atoms with Crippen molar-refractivity contribution in [1.29, 1.82) is 0 Å². The molecule has 1 aromatic carbocycles. The minimum atomic E-state index is -0.530. The lowest BCUT2D eigenvalue weighted by Gasteiger charge is -2.18. The van der Waals surface area contributed by atoms with E-state index in [1.165, 1.54) is 22.3 Å². The van der Waals surface area contributed by atoms with Gasteiger partial charge >= 0.3 is 12.1 Å². The van der Waals surface area contributed by atoms with Crippen molar-refractivity contribution in [3.63, 3.8) is 0 Å². The van der Waals surface area contributed by atoms with Crippen LogP contribution < -0.4 is 26.6 Å². The monoisotopic (exact) mass is 727 g/mol. The third-order valence-electron chi connectivity index (χ3n) is 9.44. The summed E-state index contributed by atoms with van der Waals surface area (Å²) in [6, 6.07) is 8.31. The van der Waals surface area contributed by atoms with Gasteiger partial charge in [0.15, 0.2) is 0 Å². The van der Waals surface area contributed by atoms with Crippen LogP contribution in [0.5, 0.6) is 0 Å². The Morgan fingerprint density at radius 1 is 0.941 bits per heavy atom. The number of allylic oxidation sites excluding steroid dienone is 3. The summed E-state index contributed by atoms with van der Waals surface area (Å²) in [5, 5.41) is 14.8. The second-order valence-corrected chi connectivity index (χ2v) is 14.5. The van der Waals surface area contributed by atoms with Crippen molar-refractivity contribution in [2.24, 2.45) is 0 Å². The minimum Gasteiger partial charge on any atom is -0.449 e. The van der Waals surface area contributed by atoms with E-state index in [9.17, 15) is 19.2 Å². The van der Waals surface area contributed by atoms with E-state index >= 15 is 0 Å². The van der Waals surface area contributed by atoms with E-state index < -0.39 is 6.09 Å². The molecule has 0 bridgehead atoms. The van der Waals surface area contributed by atoms with Crippen LogP contribution in [0.15, 0.2) is 42.0 Å². The van der Waals surface area contributed by atoms with E-state index in [-0.39, 0.29) is 54.9 Å². The van der Waals surface area contributed by atoms with Gasteiger partial charge in [-0.15, -0.1) is 0 Å². The highest BCUT2D eigenvalue weighted by Gasteiger charge is 2.42. The van der Waals surface area contributed by atoms with Crippen LogP contribution >= 0.6 is 11.8 Å². The Labute approximate surface area is 304 Å². The molecule has 1 unspecified atom stereocenters. The van der Waals surface area contributed by atoms with Crippen LogP contribution in [-0.2, 0) is 28.5 Å². The molecule has 5 N–H and O–H groups in total. The van der Waals surface area contributed by atoms with Crippen molar-refractivity contribution in [1.82, 2.24) is 26.6 Å². The predicted octanol–water partition coefficient (Wildman–Crippen LogP) is 3.40. The van der Waals surface area contributed by atoms with Crippen molar-refractivity contribution in [2.75, 3.05) is 65.1 Å². The number of rotatable bonds is 22. The first-order valence-corrected chi connectivity index (χ1v) is 19.3. The standard InChI is InChI=1S/C37H53N5O8S/c1-25(40-37(46)50-23-30-28-10-4-2-8-26(28)27-9-3-5-11-29(27)30)22-34(44)39-15-17-48-19-21-49-20-18-47-16-14-38-33(43)13-7-6-12-32-35-31(24-51-32)41-36(45)42-35/h2,4-5,8,10-11,25,30-32,35H,3,6-7,9,12-24H2,1H3,(H,38,43)(H,39,44)(H,40,46)(H2,41,42,45)/t25-,30?,31+,32-,35+/m0/s1. The number of fused-ring (bicyclic) bond motifs is 3. The van der Waals surface area contributed by atoms with Gasteiger partial charge < -0.3 is 45.5 Å². The number of ether oxygens (including phenoxy) is 4. The van der Waals surface area contributed by atoms with Gasteiger partial charge in [-0.3, -0.25) is 9.59 Å². The molecule has 5 atom stereocenters. The highest BCUT2D eigenvalue weighted by atomic mass is 32.2. The van der Waals surface area contributed by atoms with Crippen molar-refractivity contribution < 1.29 is 38.1 Å². The van der Waals surface area contributed by atoms with Crippen LogP contribution in [-0.4, -0.2) is 112 Å². The van der Waals surface area contributed by atoms with E-state index in [1.807, 2.05) is 23.9 Å². The van der Waals surface area contributed by atoms with Crippen molar-refractivity contribution in [2.45, 2.75) is 81.2 Å². The fourth-order valence-electron chi connectivity index (χ4n) is 6.96. The number of unbranched alkanes of at least 4 members (excludes halogenated alkanes) is 1. The van der Waals surface area contributed by atoms with Gasteiger partial charge in [0, 0.05) is 48.9 Å². The number of alkyl carbamates (subject to hydrolysis) is 1. The number of hydrogen-bond donors (Lipinski definition) is 5. The Kier molecular flexibility index (Phi) is 15.5. The van der Waals surface area contributed by atoms with Gasteiger partial charge in [0.05, 0.1) is 51.7 Å². The van der Waals surface area contributed by atoms with Crippen LogP contribution in [0.1, 0.15) is 68.9 Å². The second-order valence-electron chi connectivity index (χ2n) is 13.3. The van der Waals surface area contributed by atoms with Crippen molar-refractivity contribution in [3.8, 4) is 0 Å². The molecule has 5 rings (SSSR count). The van der Waals surface area contributed by atoms with E-state index in [1.54, 1.807) is 6.92 Å². The van der Waals surface area contributed by atoms with Gasteiger partial charge in [0.25, 0.3) is 0 Å². The highest BCUT2D eigenvalue weighted by Crippen LogP contribution is 2.46. The lowest BCUT2D eigenvalue weighted by molar-refractivity contribution is -0.122. The summed E-state index contributed by atoms with van der Waals surface area (Å²) in [4.78, 5) is 48.4. The number of carbonyl (C=O) groups is 4. The van der Waals surface area contributed by atoms with E-state index in [2.05, 4.69) is 50.9 Å². The lowest BCUT2D eigenvalue weighted by Crippen LogP contribution is -2.38. The Balaban J connectivity index is 0.782. The molecule has 0 spiro atoms. The van der Waals surface area contributed by atoms with Crippen LogP contribution in [0, 0.1) is 0 Å². The van der Waals surface area contributed by atoms with Gasteiger partial charge in [-0.25, -0.2) is 9.59 Å². The number of nitrogens with one attached hydrogen (secondary N) is 5. The molecule has 0 saturated carbocycles. The predicted molar refractivity (Wildman–Crippen MR) is 195 cm³/mol. The van der Waals surface area contributed by atoms with Gasteiger partial charge in [-0.1, -0.05) is 42.8 Å². The molecule has 14 heteroatoms. The van der Waals surface area contributed by atoms with Crippen LogP contribution in [0.2, 0.25) is 0 Å². The first-order valence-electron chi connectivity index (χ1n) is 18.3. The maximum atomic E-state index is 12.5. The Morgan fingerprint density at radius 3 is 2.45 bits per heavy atom. The fraction of sp³-hybridized carbons (Fsp3) is 0.622. The molecule has 2 aliphatic heterocycles. The smallest absolute Gasteiger partial charge is 0.407 e. The van der Waals surface area contributed by atoms with E-state index in [4.69, 9.17) is 18.9 Å². The number of benzene rings is 1.